The number of hydrogen-bond acceptors (Lipinski definition) is 6. The van der Waals surface area contributed by atoms with Crippen molar-refractivity contribution in [2.45, 2.75) is 19.9 Å². The predicted octanol–water partition coefficient (Wildman–Crippen LogP) is 3.11. The van der Waals surface area contributed by atoms with Crippen molar-refractivity contribution in [3.05, 3.63) is 36.4 Å². The van der Waals surface area contributed by atoms with Gasteiger partial charge in [-0.2, -0.15) is 0 Å². The summed E-state index contributed by atoms with van der Waals surface area (Å²) < 4.78 is 15.8. The van der Waals surface area contributed by atoms with Gasteiger partial charge in [0.05, 0.1) is 27.0 Å². The molecule has 0 aliphatic heterocycles. The normalized spacial score (nSPS) is 11.2. The number of ether oxygens (including phenoxy) is 3. The Balaban J connectivity index is 2.12. The van der Waals surface area contributed by atoms with Crippen LogP contribution in [0.5, 0.6) is 17.2 Å². The van der Waals surface area contributed by atoms with Crippen molar-refractivity contribution in [3.8, 4) is 17.2 Å². The first-order valence-electron chi connectivity index (χ1n) is 8.63. The van der Waals surface area contributed by atoms with Gasteiger partial charge in [0.1, 0.15) is 11.8 Å². The van der Waals surface area contributed by atoms with Crippen LogP contribution in [0.2, 0.25) is 0 Å². The van der Waals surface area contributed by atoms with E-state index >= 15 is 0 Å². The zero-order valence-electron chi connectivity index (χ0n) is 16.6. The van der Waals surface area contributed by atoms with Crippen molar-refractivity contribution in [3.63, 3.8) is 0 Å². The maximum absolute atomic E-state index is 12.6. The van der Waals surface area contributed by atoms with E-state index in [0.29, 0.717) is 34.3 Å². The molecule has 0 bridgehead atoms. The van der Waals surface area contributed by atoms with E-state index in [4.69, 9.17) is 14.2 Å². The smallest absolute Gasteiger partial charge is 0.246 e. The fraction of sp³-hybridized carbons (Fsp3) is 0.300. The highest BCUT2D eigenvalue weighted by Gasteiger charge is 2.16. The zero-order valence-corrected chi connectivity index (χ0v) is 16.6. The van der Waals surface area contributed by atoms with Crippen LogP contribution < -0.4 is 30.2 Å². The van der Waals surface area contributed by atoms with E-state index in [1.807, 2.05) is 0 Å². The minimum atomic E-state index is -0.574. The van der Waals surface area contributed by atoms with Gasteiger partial charge >= 0.3 is 0 Å². The summed E-state index contributed by atoms with van der Waals surface area (Å²) in [6.45, 7) is 3.15. The van der Waals surface area contributed by atoms with Gasteiger partial charge in [0.15, 0.2) is 11.5 Å². The van der Waals surface area contributed by atoms with Gasteiger partial charge in [0.2, 0.25) is 11.8 Å². The summed E-state index contributed by atoms with van der Waals surface area (Å²) in [6.07, 6.45) is 0. The minimum Gasteiger partial charge on any atom is -0.495 e. The minimum absolute atomic E-state index is 0.185. The molecule has 0 spiro atoms. The molecule has 2 amide bonds. The van der Waals surface area contributed by atoms with Crippen molar-refractivity contribution in [2.75, 3.05) is 37.3 Å². The summed E-state index contributed by atoms with van der Waals surface area (Å²) in [7, 11) is 4.61. The molecule has 0 saturated carbocycles. The van der Waals surface area contributed by atoms with E-state index in [-0.39, 0.29) is 11.8 Å². The summed E-state index contributed by atoms with van der Waals surface area (Å²) in [6, 6.07) is 9.69. The molecule has 2 aromatic rings. The Morgan fingerprint density at radius 1 is 0.821 bits per heavy atom. The highest BCUT2D eigenvalue weighted by Crippen LogP contribution is 2.31. The van der Waals surface area contributed by atoms with E-state index in [0.717, 1.165) is 0 Å². The lowest BCUT2D eigenvalue weighted by atomic mass is 10.2. The summed E-state index contributed by atoms with van der Waals surface area (Å²) in [5.41, 5.74) is 1.77. The van der Waals surface area contributed by atoms with Gasteiger partial charge in [0.25, 0.3) is 0 Å². The van der Waals surface area contributed by atoms with Gasteiger partial charge in [-0.1, -0.05) is 0 Å². The first kappa shape index (κ1) is 20.9. The number of amides is 2. The van der Waals surface area contributed by atoms with E-state index in [1.165, 1.54) is 21.1 Å². The number of carbonyl (C=O) groups excluding carboxylic acids is 2. The topological polar surface area (TPSA) is 97.9 Å². The molecule has 8 heteroatoms. The van der Waals surface area contributed by atoms with E-state index in [9.17, 15) is 9.59 Å². The van der Waals surface area contributed by atoms with Crippen LogP contribution >= 0.6 is 0 Å². The maximum atomic E-state index is 12.6. The Hall–Kier alpha value is -3.42. The monoisotopic (exact) mass is 387 g/mol. The van der Waals surface area contributed by atoms with Gasteiger partial charge < -0.3 is 30.2 Å². The largest absolute Gasteiger partial charge is 0.495 e. The van der Waals surface area contributed by atoms with E-state index < -0.39 is 6.04 Å². The number of rotatable bonds is 8. The van der Waals surface area contributed by atoms with Crippen molar-refractivity contribution in [2.24, 2.45) is 0 Å². The third-order valence-corrected chi connectivity index (χ3v) is 3.94. The highest BCUT2D eigenvalue weighted by atomic mass is 16.5. The molecular formula is C20H25N3O5. The fourth-order valence-electron chi connectivity index (χ4n) is 2.57. The average Bonchev–Trinajstić information content (AvgIpc) is 2.67. The summed E-state index contributed by atoms with van der Waals surface area (Å²) in [5, 5.41) is 8.63. The van der Waals surface area contributed by atoms with E-state index in [1.54, 1.807) is 50.4 Å². The van der Waals surface area contributed by atoms with Gasteiger partial charge in [0, 0.05) is 24.4 Å². The summed E-state index contributed by atoms with van der Waals surface area (Å²) in [5.74, 6) is 1.21. The molecule has 0 radical (unpaired) electrons. The summed E-state index contributed by atoms with van der Waals surface area (Å²) in [4.78, 5) is 23.8. The molecule has 150 valence electrons. The SMILES string of the molecule is COc1ccc(NC(C)=O)cc1NC(C)C(=O)Nc1ccc(OC)c(OC)c1. The number of carbonyl (C=O) groups is 2. The molecule has 2 aromatic carbocycles. The maximum Gasteiger partial charge on any atom is 0.246 e. The Morgan fingerprint density at radius 2 is 1.39 bits per heavy atom. The Morgan fingerprint density at radius 3 is 1.96 bits per heavy atom. The molecule has 0 saturated heterocycles. The van der Waals surface area contributed by atoms with Gasteiger partial charge in [-0.3, -0.25) is 9.59 Å². The predicted molar refractivity (Wildman–Crippen MR) is 109 cm³/mol. The molecule has 1 atom stereocenters. The second-order valence-electron chi connectivity index (χ2n) is 6.02. The van der Waals surface area contributed by atoms with Crippen LogP contribution in [0, 0.1) is 0 Å². The lowest BCUT2D eigenvalue weighted by Crippen LogP contribution is -2.32. The van der Waals surface area contributed by atoms with Crippen LogP contribution in [-0.2, 0) is 9.59 Å². The number of methoxy groups -OCH3 is 3. The average molecular weight is 387 g/mol. The lowest BCUT2D eigenvalue weighted by Gasteiger charge is -2.19. The third kappa shape index (κ3) is 5.29. The lowest BCUT2D eigenvalue weighted by molar-refractivity contribution is -0.116. The van der Waals surface area contributed by atoms with Crippen LogP contribution in [0.4, 0.5) is 17.1 Å². The van der Waals surface area contributed by atoms with Crippen LogP contribution in [-0.4, -0.2) is 39.2 Å². The second kappa shape index (κ2) is 9.50. The molecule has 0 aromatic heterocycles. The molecular weight excluding hydrogens is 362 g/mol. The van der Waals surface area contributed by atoms with Gasteiger partial charge in [-0.25, -0.2) is 0 Å². The second-order valence-corrected chi connectivity index (χ2v) is 6.02. The van der Waals surface area contributed by atoms with Crippen molar-refractivity contribution >= 4 is 28.9 Å². The fourth-order valence-corrected chi connectivity index (χ4v) is 2.57. The van der Waals surface area contributed by atoms with Crippen LogP contribution in [0.25, 0.3) is 0 Å². The van der Waals surface area contributed by atoms with Crippen molar-refractivity contribution in [1.82, 2.24) is 0 Å². The molecule has 0 aliphatic rings. The summed E-state index contributed by atoms with van der Waals surface area (Å²) >= 11 is 0. The molecule has 3 N–H and O–H groups in total. The highest BCUT2D eigenvalue weighted by molar-refractivity contribution is 5.97. The van der Waals surface area contributed by atoms with Crippen LogP contribution in [0.15, 0.2) is 36.4 Å². The first-order chi connectivity index (χ1) is 13.4. The van der Waals surface area contributed by atoms with E-state index in [2.05, 4.69) is 16.0 Å². The standard InChI is InChI=1S/C20H25N3O5/c1-12(20(25)23-15-7-9-18(27-4)19(11-15)28-5)21-16-10-14(22-13(2)24)6-8-17(16)26-3/h6-12,21H,1-5H3,(H,22,24)(H,23,25). The number of anilines is 3. The number of nitrogens with one attached hydrogen (secondary N) is 3. The third-order valence-electron chi connectivity index (χ3n) is 3.94. The number of hydrogen-bond donors (Lipinski definition) is 3. The molecule has 2 rings (SSSR count). The Labute approximate surface area is 164 Å². The number of benzene rings is 2. The Kier molecular flexibility index (Phi) is 7.08. The molecule has 0 fully saturated rings. The van der Waals surface area contributed by atoms with Gasteiger partial charge in [-0.15, -0.1) is 0 Å². The molecule has 8 nitrogen and oxygen atoms in total. The van der Waals surface area contributed by atoms with Crippen LogP contribution in [0.1, 0.15) is 13.8 Å². The molecule has 28 heavy (non-hydrogen) atoms. The van der Waals surface area contributed by atoms with Crippen molar-refractivity contribution in [1.29, 1.82) is 0 Å². The van der Waals surface area contributed by atoms with Gasteiger partial charge in [-0.05, 0) is 37.3 Å². The molecule has 1 unspecified atom stereocenters. The quantitative estimate of drug-likeness (QED) is 0.644. The Bertz CT molecular complexity index is 854. The molecule has 0 aliphatic carbocycles. The molecule has 0 heterocycles. The van der Waals surface area contributed by atoms with Crippen molar-refractivity contribution < 1.29 is 23.8 Å². The zero-order chi connectivity index (χ0) is 20.7. The van der Waals surface area contributed by atoms with Crippen LogP contribution in [0.3, 0.4) is 0 Å². The first-order valence-corrected chi connectivity index (χ1v) is 8.63.